The van der Waals surface area contributed by atoms with Gasteiger partial charge in [-0.1, -0.05) is 18.2 Å². The summed E-state index contributed by atoms with van der Waals surface area (Å²) in [5.41, 5.74) is 6.59. The van der Waals surface area contributed by atoms with Crippen LogP contribution in [0.5, 0.6) is 5.75 Å². The van der Waals surface area contributed by atoms with Gasteiger partial charge < -0.3 is 15.2 Å². The van der Waals surface area contributed by atoms with Gasteiger partial charge in [0.25, 0.3) is 0 Å². The summed E-state index contributed by atoms with van der Waals surface area (Å²) in [7, 11) is -1.53. The number of nitrogens with two attached hydrogens (primary N) is 1. The molecule has 0 heterocycles. The third-order valence-corrected chi connectivity index (χ3v) is 3.31. The molecule has 2 N–H and O–H groups in total. The molecule has 0 radical (unpaired) electrons. The van der Waals surface area contributed by atoms with Crippen molar-refractivity contribution in [1.29, 1.82) is 0 Å². The van der Waals surface area contributed by atoms with Crippen LogP contribution in [0.25, 0.3) is 0 Å². The average molecular weight is 273 g/mol. The zero-order chi connectivity index (χ0) is 13.6. The van der Waals surface area contributed by atoms with E-state index < -0.39 is 15.9 Å². The van der Waals surface area contributed by atoms with Gasteiger partial charge in [-0.25, -0.2) is 8.42 Å². The molecule has 102 valence electrons. The topological polar surface area (TPSA) is 78.6 Å². The Morgan fingerprint density at radius 3 is 2.56 bits per heavy atom. The number of hydrogen-bond donors (Lipinski definition) is 1. The maximum absolute atomic E-state index is 11.2. The molecule has 0 bridgehead atoms. The molecule has 18 heavy (non-hydrogen) atoms. The van der Waals surface area contributed by atoms with Crippen LogP contribution in [-0.2, 0) is 14.6 Å². The molecule has 1 aromatic rings. The second-order valence-corrected chi connectivity index (χ2v) is 6.26. The van der Waals surface area contributed by atoms with Crippen molar-refractivity contribution in [3.63, 3.8) is 0 Å². The van der Waals surface area contributed by atoms with Crippen molar-refractivity contribution in [2.24, 2.45) is 5.73 Å². The van der Waals surface area contributed by atoms with E-state index in [1.54, 1.807) is 25.3 Å². The lowest BCUT2D eigenvalue weighted by atomic mass is 10.1. The van der Waals surface area contributed by atoms with Crippen LogP contribution < -0.4 is 10.5 Å². The molecular weight excluding hydrogens is 254 g/mol. The van der Waals surface area contributed by atoms with Gasteiger partial charge in [0.05, 0.1) is 12.4 Å². The minimum absolute atomic E-state index is 0.0996. The van der Waals surface area contributed by atoms with E-state index in [4.69, 9.17) is 15.2 Å². The molecule has 0 aliphatic carbocycles. The van der Waals surface area contributed by atoms with Crippen LogP contribution in [0.1, 0.15) is 11.6 Å². The Morgan fingerprint density at radius 1 is 1.28 bits per heavy atom. The summed E-state index contributed by atoms with van der Waals surface area (Å²) < 4.78 is 32.9. The van der Waals surface area contributed by atoms with E-state index in [0.29, 0.717) is 24.5 Å². The van der Waals surface area contributed by atoms with E-state index in [9.17, 15) is 8.42 Å². The Bertz CT molecular complexity index is 473. The molecule has 0 saturated carbocycles. The Labute approximate surface area is 108 Å². The first-order valence-electron chi connectivity index (χ1n) is 5.58. The van der Waals surface area contributed by atoms with Gasteiger partial charge in [0.2, 0.25) is 0 Å². The van der Waals surface area contributed by atoms with Crippen LogP contribution in [0.2, 0.25) is 0 Å². The van der Waals surface area contributed by atoms with Crippen molar-refractivity contribution in [2.45, 2.75) is 6.04 Å². The number of hydrogen-bond acceptors (Lipinski definition) is 5. The first kappa shape index (κ1) is 14.9. The summed E-state index contributed by atoms with van der Waals surface area (Å²) in [5.74, 6) is 0.503. The van der Waals surface area contributed by atoms with Crippen LogP contribution in [0, 0.1) is 0 Å². The quantitative estimate of drug-likeness (QED) is 0.742. The largest absolute Gasteiger partial charge is 0.491 e. The maximum Gasteiger partial charge on any atom is 0.149 e. The van der Waals surface area contributed by atoms with Gasteiger partial charge in [-0.15, -0.1) is 0 Å². The van der Waals surface area contributed by atoms with E-state index in [0.717, 1.165) is 0 Å². The number of methoxy groups -OCH3 is 1. The summed E-state index contributed by atoms with van der Waals surface area (Å²) in [6, 6.07) is 6.59. The minimum Gasteiger partial charge on any atom is -0.491 e. The molecule has 5 nitrogen and oxygen atoms in total. The third-order valence-electron chi connectivity index (χ3n) is 2.35. The summed E-state index contributed by atoms with van der Waals surface area (Å²) in [5, 5.41) is 0. The molecule has 0 aliphatic heterocycles. The zero-order valence-electron chi connectivity index (χ0n) is 10.6. The summed E-state index contributed by atoms with van der Waals surface area (Å²) in [4.78, 5) is 0. The molecule has 1 unspecified atom stereocenters. The molecule has 0 aromatic heterocycles. The van der Waals surface area contributed by atoms with Crippen molar-refractivity contribution in [3.05, 3.63) is 29.8 Å². The summed E-state index contributed by atoms with van der Waals surface area (Å²) in [6.45, 7) is 0.870. The van der Waals surface area contributed by atoms with E-state index in [1.165, 1.54) is 6.26 Å². The predicted octanol–water partition coefficient (Wildman–Crippen LogP) is 0.756. The van der Waals surface area contributed by atoms with Crippen molar-refractivity contribution < 1.29 is 17.9 Å². The lowest BCUT2D eigenvalue weighted by Crippen LogP contribution is -2.21. The molecule has 1 rings (SSSR count). The van der Waals surface area contributed by atoms with E-state index in [-0.39, 0.29) is 5.75 Å². The number of benzene rings is 1. The fourth-order valence-corrected chi connectivity index (χ4v) is 2.40. The van der Waals surface area contributed by atoms with E-state index >= 15 is 0 Å². The lowest BCUT2D eigenvalue weighted by Gasteiger charge is -2.16. The van der Waals surface area contributed by atoms with Gasteiger partial charge in [0, 0.05) is 25.0 Å². The highest BCUT2D eigenvalue weighted by Gasteiger charge is 2.16. The molecule has 1 atom stereocenters. The van der Waals surface area contributed by atoms with Crippen LogP contribution in [0.4, 0.5) is 0 Å². The monoisotopic (exact) mass is 273 g/mol. The smallest absolute Gasteiger partial charge is 0.149 e. The van der Waals surface area contributed by atoms with E-state index in [1.807, 2.05) is 6.07 Å². The second-order valence-electron chi connectivity index (χ2n) is 4.08. The highest BCUT2D eigenvalue weighted by molar-refractivity contribution is 7.90. The van der Waals surface area contributed by atoms with Gasteiger partial charge in [-0.05, 0) is 6.07 Å². The second kappa shape index (κ2) is 6.72. The van der Waals surface area contributed by atoms with Crippen LogP contribution in [-0.4, -0.2) is 40.7 Å². The molecule has 0 spiro atoms. The molecule has 0 fully saturated rings. The van der Waals surface area contributed by atoms with E-state index in [2.05, 4.69) is 0 Å². The summed E-state index contributed by atoms with van der Waals surface area (Å²) >= 11 is 0. The Balaban J connectivity index is 2.80. The molecule has 1 aromatic carbocycles. The number of rotatable bonds is 7. The molecular formula is C12H19NO4S. The molecule has 0 amide bonds. The molecule has 0 aliphatic rings. The standard InChI is InChI=1S/C12H19NO4S/c1-16-7-8-17-12-6-4-3-5-10(12)11(13)9-18(2,14)15/h3-6,11H,7-9,13H2,1-2H3. The van der Waals surface area contributed by atoms with Gasteiger partial charge in [0.1, 0.15) is 22.2 Å². The number of ether oxygens (including phenoxy) is 2. The van der Waals surface area contributed by atoms with Crippen LogP contribution in [0.3, 0.4) is 0 Å². The number of sulfone groups is 1. The van der Waals surface area contributed by atoms with Gasteiger partial charge >= 0.3 is 0 Å². The van der Waals surface area contributed by atoms with Crippen molar-refractivity contribution in [3.8, 4) is 5.75 Å². The van der Waals surface area contributed by atoms with Gasteiger partial charge in [-0.2, -0.15) is 0 Å². The normalized spacial score (nSPS) is 13.3. The third kappa shape index (κ3) is 5.03. The fraction of sp³-hybridized carbons (Fsp3) is 0.500. The first-order chi connectivity index (χ1) is 8.44. The molecule has 6 heteroatoms. The Morgan fingerprint density at radius 2 is 1.94 bits per heavy atom. The minimum atomic E-state index is -3.12. The maximum atomic E-state index is 11.2. The lowest BCUT2D eigenvalue weighted by molar-refractivity contribution is 0.145. The van der Waals surface area contributed by atoms with Crippen molar-refractivity contribution >= 4 is 9.84 Å². The van der Waals surface area contributed by atoms with Crippen molar-refractivity contribution in [2.75, 3.05) is 32.3 Å². The van der Waals surface area contributed by atoms with Crippen molar-refractivity contribution in [1.82, 2.24) is 0 Å². The predicted molar refractivity (Wildman–Crippen MR) is 70.5 cm³/mol. The number of para-hydroxylation sites is 1. The Hall–Kier alpha value is -1.11. The van der Waals surface area contributed by atoms with Gasteiger partial charge in [-0.3, -0.25) is 0 Å². The first-order valence-corrected chi connectivity index (χ1v) is 7.64. The zero-order valence-corrected chi connectivity index (χ0v) is 11.4. The average Bonchev–Trinajstić information content (AvgIpc) is 2.27. The summed E-state index contributed by atoms with van der Waals surface area (Å²) in [6.07, 6.45) is 1.17. The highest BCUT2D eigenvalue weighted by atomic mass is 32.2. The Kier molecular flexibility index (Phi) is 5.58. The highest BCUT2D eigenvalue weighted by Crippen LogP contribution is 2.24. The van der Waals surface area contributed by atoms with Gasteiger partial charge in [0.15, 0.2) is 0 Å². The van der Waals surface area contributed by atoms with Crippen LogP contribution >= 0.6 is 0 Å². The SMILES string of the molecule is COCCOc1ccccc1C(N)CS(C)(=O)=O. The molecule has 0 saturated heterocycles. The fourth-order valence-electron chi connectivity index (χ4n) is 1.57. The van der Waals surface area contributed by atoms with Crippen LogP contribution in [0.15, 0.2) is 24.3 Å².